The van der Waals surface area contributed by atoms with Gasteiger partial charge in [0.15, 0.2) is 0 Å². The quantitative estimate of drug-likeness (QED) is 0.780. The van der Waals surface area contributed by atoms with E-state index in [4.69, 9.17) is 0 Å². The first-order valence-corrected chi connectivity index (χ1v) is 8.39. The minimum absolute atomic E-state index is 0.152. The molecule has 0 saturated carbocycles. The van der Waals surface area contributed by atoms with Gasteiger partial charge in [0.05, 0.1) is 5.69 Å². The van der Waals surface area contributed by atoms with E-state index >= 15 is 0 Å². The fraction of sp³-hybridized carbons (Fsp3) is 0.692. The third-order valence-electron chi connectivity index (χ3n) is 3.48. The summed E-state index contributed by atoms with van der Waals surface area (Å²) < 4.78 is 26.8. The van der Waals surface area contributed by atoms with E-state index in [0.717, 1.165) is 6.42 Å². The number of hydrogen-bond donors (Lipinski definition) is 1. The summed E-state index contributed by atoms with van der Waals surface area (Å²) in [5.74, 6) is 0. The second-order valence-corrected chi connectivity index (χ2v) is 6.92. The van der Waals surface area contributed by atoms with Crippen LogP contribution in [0.4, 0.5) is 0 Å². The smallest absolute Gasteiger partial charge is 0.222 e. The third kappa shape index (κ3) is 3.97. The van der Waals surface area contributed by atoms with Crippen molar-refractivity contribution >= 4 is 10.0 Å². The summed E-state index contributed by atoms with van der Waals surface area (Å²) >= 11 is 0. The largest absolute Gasteiger partial charge is 0.316 e. The van der Waals surface area contributed by atoms with Gasteiger partial charge in [-0.3, -0.25) is 9.97 Å². The van der Waals surface area contributed by atoms with E-state index in [9.17, 15) is 8.42 Å². The van der Waals surface area contributed by atoms with Gasteiger partial charge in [-0.25, -0.2) is 12.7 Å². The molecule has 1 aromatic rings. The maximum absolute atomic E-state index is 12.7. The Morgan fingerprint density at radius 2 is 2.05 bits per heavy atom. The van der Waals surface area contributed by atoms with Gasteiger partial charge in [0.2, 0.25) is 10.0 Å². The molecule has 1 heterocycles. The highest BCUT2D eigenvalue weighted by Crippen LogP contribution is 2.23. The van der Waals surface area contributed by atoms with Crippen molar-refractivity contribution in [2.24, 2.45) is 0 Å². The zero-order valence-electron chi connectivity index (χ0n) is 12.6. The molecule has 0 aliphatic heterocycles. The Balaban J connectivity index is 2.94. The molecule has 1 rings (SSSR count). The molecule has 0 radical (unpaired) electrons. The van der Waals surface area contributed by atoms with E-state index < -0.39 is 15.3 Å². The van der Waals surface area contributed by atoms with Crippen molar-refractivity contribution < 1.29 is 8.42 Å². The molecule has 1 N–H and O–H groups in total. The number of sulfonamides is 1. The second-order valence-electron chi connectivity index (χ2n) is 4.66. The molecule has 7 heteroatoms. The highest BCUT2D eigenvalue weighted by molar-refractivity contribution is 7.89. The van der Waals surface area contributed by atoms with E-state index in [1.165, 1.54) is 22.9 Å². The molecule has 0 amide bonds. The summed E-state index contributed by atoms with van der Waals surface area (Å²) in [4.78, 5) is 8.04. The monoisotopic (exact) mass is 300 g/mol. The summed E-state index contributed by atoms with van der Waals surface area (Å²) in [5.41, 5.74) is 0.475. The van der Waals surface area contributed by atoms with Gasteiger partial charge in [-0.15, -0.1) is 0 Å². The lowest BCUT2D eigenvalue weighted by Crippen LogP contribution is -2.43. The standard InChI is InChI=1S/C13H24N4O2S/c1-5-12(14-4)10-17(6-2)20(18,19)11(3)13-9-15-7-8-16-13/h7-9,11-12,14H,5-6,10H2,1-4H3. The molecule has 0 aromatic carbocycles. The Kier molecular flexibility index (Phi) is 6.51. The predicted molar refractivity (Wildman–Crippen MR) is 79.8 cm³/mol. The molecule has 2 atom stereocenters. The second kappa shape index (κ2) is 7.66. The number of rotatable bonds is 8. The van der Waals surface area contributed by atoms with Crippen LogP contribution in [-0.2, 0) is 10.0 Å². The molecule has 1 aromatic heterocycles. The van der Waals surface area contributed by atoms with Crippen molar-refractivity contribution in [2.45, 2.75) is 38.5 Å². The van der Waals surface area contributed by atoms with Crippen LogP contribution in [0.2, 0.25) is 0 Å². The van der Waals surface area contributed by atoms with Gasteiger partial charge < -0.3 is 5.32 Å². The number of aromatic nitrogens is 2. The molecule has 20 heavy (non-hydrogen) atoms. The molecule has 0 spiro atoms. The normalized spacial score (nSPS) is 15.2. The van der Waals surface area contributed by atoms with Gasteiger partial charge in [-0.2, -0.15) is 0 Å². The van der Waals surface area contributed by atoms with Crippen LogP contribution in [0.25, 0.3) is 0 Å². The number of likely N-dealkylation sites (N-methyl/N-ethyl adjacent to an activating group) is 2. The van der Waals surface area contributed by atoms with Crippen molar-refractivity contribution in [1.82, 2.24) is 19.6 Å². The fourth-order valence-electron chi connectivity index (χ4n) is 1.98. The Labute approximate surface area is 121 Å². The first kappa shape index (κ1) is 17.0. The van der Waals surface area contributed by atoms with Gasteiger partial charge in [0.25, 0.3) is 0 Å². The summed E-state index contributed by atoms with van der Waals surface area (Å²) in [7, 11) is -1.58. The molecular formula is C13H24N4O2S. The van der Waals surface area contributed by atoms with E-state index in [-0.39, 0.29) is 6.04 Å². The Bertz CT molecular complexity index is 488. The van der Waals surface area contributed by atoms with Crippen LogP contribution < -0.4 is 5.32 Å². The molecule has 0 bridgehead atoms. The molecule has 114 valence electrons. The van der Waals surface area contributed by atoms with E-state index in [0.29, 0.717) is 18.8 Å². The average Bonchev–Trinajstić information content (AvgIpc) is 2.48. The van der Waals surface area contributed by atoms with Gasteiger partial charge in [0.1, 0.15) is 5.25 Å². The number of nitrogens with one attached hydrogen (secondary N) is 1. The SMILES string of the molecule is CCC(CN(CC)S(=O)(=O)C(C)c1cnccn1)NC. The first-order valence-electron chi connectivity index (χ1n) is 6.89. The summed E-state index contributed by atoms with van der Waals surface area (Å²) in [6, 6.07) is 0.152. The van der Waals surface area contributed by atoms with E-state index in [1.807, 2.05) is 20.9 Å². The first-order chi connectivity index (χ1) is 9.47. The van der Waals surface area contributed by atoms with Gasteiger partial charge in [-0.1, -0.05) is 13.8 Å². The van der Waals surface area contributed by atoms with Gasteiger partial charge >= 0.3 is 0 Å². The van der Waals surface area contributed by atoms with Crippen molar-refractivity contribution in [2.75, 3.05) is 20.1 Å². The molecule has 6 nitrogen and oxygen atoms in total. The Morgan fingerprint density at radius 3 is 2.50 bits per heavy atom. The van der Waals surface area contributed by atoms with Crippen LogP contribution in [0, 0.1) is 0 Å². The topological polar surface area (TPSA) is 75.2 Å². The maximum atomic E-state index is 12.7. The highest BCUT2D eigenvalue weighted by atomic mass is 32.2. The lowest BCUT2D eigenvalue weighted by molar-refractivity contribution is 0.364. The van der Waals surface area contributed by atoms with Crippen molar-refractivity contribution in [3.63, 3.8) is 0 Å². The van der Waals surface area contributed by atoms with Crippen molar-refractivity contribution in [3.8, 4) is 0 Å². The lowest BCUT2D eigenvalue weighted by atomic mass is 10.2. The highest BCUT2D eigenvalue weighted by Gasteiger charge is 2.31. The third-order valence-corrected chi connectivity index (χ3v) is 5.75. The van der Waals surface area contributed by atoms with E-state index in [2.05, 4.69) is 15.3 Å². The van der Waals surface area contributed by atoms with Crippen LogP contribution >= 0.6 is 0 Å². The zero-order chi connectivity index (χ0) is 15.2. The lowest BCUT2D eigenvalue weighted by Gasteiger charge is -2.27. The van der Waals surface area contributed by atoms with Crippen LogP contribution in [-0.4, -0.2) is 48.9 Å². The van der Waals surface area contributed by atoms with Gasteiger partial charge in [0, 0.05) is 37.7 Å². The van der Waals surface area contributed by atoms with Crippen LogP contribution in [0.3, 0.4) is 0 Å². The molecular weight excluding hydrogens is 276 g/mol. The van der Waals surface area contributed by atoms with Crippen LogP contribution in [0.15, 0.2) is 18.6 Å². The summed E-state index contributed by atoms with van der Waals surface area (Å²) in [6.45, 7) is 6.46. The molecule has 0 fully saturated rings. The summed E-state index contributed by atoms with van der Waals surface area (Å²) in [6.07, 6.45) is 5.43. The van der Waals surface area contributed by atoms with Crippen molar-refractivity contribution in [1.29, 1.82) is 0 Å². The van der Waals surface area contributed by atoms with Crippen LogP contribution in [0.5, 0.6) is 0 Å². The zero-order valence-corrected chi connectivity index (χ0v) is 13.4. The predicted octanol–water partition coefficient (Wildman–Crippen LogP) is 1.19. The average molecular weight is 300 g/mol. The maximum Gasteiger partial charge on any atom is 0.222 e. The number of hydrogen-bond acceptors (Lipinski definition) is 5. The Morgan fingerprint density at radius 1 is 1.35 bits per heavy atom. The fourth-order valence-corrected chi connectivity index (χ4v) is 3.60. The number of nitrogens with zero attached hydrogens (tertiary/aromatic N) is 3. The molecule has 0 saturated heterocycles. The van der Waals surface area contributed by atoms with Gasteiger partial charge in [-0.05, 0) is 20.4 Å². The van der Waals surface area contributed by atoms with E-state index in [1.54, 1.807) is 6.92 Å². The molecule has 0 aliphatic carbocycles. The Hall–Kier alpha value is -1.05. The summed E-state index contributed by atoms with van der Waals surface area (Å²) in [5, 5.41) is 2.44. The minimum Gasteiger partial charge on any atom is -0.316 e. The molecule has 2 unspecified atom stereocenters. The molecule has 0 aliphatic rings. The minimum atomic E-state index is -3.43. The van der Waals surface area contributed by atoms with Crippen LogP contribution in [0.1, 0.15) is 38.1 Å². The van der Waals surface area contributed by atoms with Crippen molar-refractivity contribution in [3.05, 3.63) is 24.3 Å².